The summed E-state index contributed by atoms with van der Waals surface area (Å²) in [7, 11) is -2.07. The number of carbonyl (C=O) groups is 1. The van der Waals surface area contributed by atoms with Gasteiger partial charge in [0.05, 0.1) is 10.8 Å². The molecule has 1 fully saturated rings. The summed E-state index contributed by atoms with van der Waals surface area (Å²) in [6.07, 6.45) is 1.54. The standard InChI is InChI=1S/C15H21FN2O3S/c1-10-7-13(8-11(2)14(10)16)22(20,21)17-15(19)12-5-4-6-18(3)9-12/h7-8,12H,4-6,9H2,1-3H3,(H,17,19). The number of aryl methyl sites for hydroxylation is 2. The Labute approximate surface area is 130 Å². The van der Waals surface area contributed by atoms with Gasteiger partial charge in [0.2, 0.25) is 5.91 Å². The lowest BCUT2D eigenvalue weighted by Crippen LogP contribution is -2.43. The number of likely N-dealkylation sites (tertiary alicyclic amines) is 1. The maximum absolute atomic E-state index is 13.6. The van der Waals surface area contributed by atoms with Gasteiger partial charge in [0.1, 0.15) is 5.82 Å². The Bertz CT molecular complexity index is 665. The molecule has 1 aromatic rings. The molecule has 1 N–H and O–H groups in total. The average Bonchev–Trinajstić information content (AvgIpc) is 2.43. The number of sulfonamides is 1. The molecule has 1 heterocycles. The lowest BCUT2D eigenvalue weighted by Gasteiger charge is -2.28. The molecule has 1 aromatic carbocycles. The van der Waals surface area contributed by atoms with E-state index in [0.29, 0.717) is 13.0 Å². The van der Waals surface area contributed by atoms with Crippen molar-refractivity contribution in [3.05, 3.63) is 29.1 Å². The Balaban J connectivity index is 2.19. The number of piperidine rings is 1. The van der Waals surface area contributed by atoms with Crippen molar-refractivity contribution in [2.75, 3.05) is 20.1 Å². The lowest BCUT2D eigenvalue weighted by molar-refractivity contribution is -0.124. The zero-order valence-corrected chi connectivity index (χ0v) is 13.8. The van der Waals surface area contributed by atoms with Crippen LogP contribution in [0, 0.1) is 25.6 Å². The van der Waals surface area contributed by atoms with Gasteiger partial charge in [-0.15, -0.1) is 0 Å². The van der Waals surface area contributed by atoms with Crippen molar-refractivity contribution < 1.29 is 17.6 Å². The Morgan fingerprint density at radius 2 is 1.91 bits per heavy atom. The first-order chi connectivity index (χ1) is 10.2. The van der Waals surface area contributed by atoms with Crippen molar-refractivity contribution >= 4 is 15.9 Å². The molecule has 1 aliphatic heterocycles. The summed E-state index contributed by atoms with van der Waals surface area (Å²) in [5.74, 6) is -1.26. The fourth-order valence-electron chi connectivity index (χ4n) is 2.72. The Morgan fingerprint density at radius 3 is 2.45 bits per heavy atom. The molecule has 5 nitrogen and oxygen atoms in total. The summed E-state index contributed by atoms with van der Waals surface area (Å²) in [5, 5.41) is 0. The van der Waals surface area contributed by atoms with Crippen LogP contribution in [0.4, 0.5) is 4.39 Å². The van der Waals surface area contributed by atoms with E-state index < -0.39 is 21.7 Å². The largest absolute Gasteiger partial charge is 0.306 e. The molecule has 122 valence electrons. The van der Waals surface area contributed by atoms with Crippen molar-refractivity contribution in [2.45, 2.75) is 31.6 Å². The zero-order chi connectivity index (χ0) is 16.5. The molecule has 0 aliphatic carbocycles. The molecule has 1 unspecified atom stereocenters. The first-order valence-electron chi connectivity index (χ1n) is 7.22. The normalized spacial score (nSPS) is 19.9. The number of nitrogens with one attached hydrogen (secondary N) is 1. The fourth-order valence-corrected chi connectivity index (χ4v) is 3.93. The average molecular weight is 328 g/mol. The number of carbonyl (C=O) groups excluding carboxylic acids is 1. The molecule has 1 atom stereocenters. The Hall–Kier alpha value is -1.47. The third kappa shape index (κ3) is 3.64. The molecule has 1 amide bonds. The molecule has 22 heavy (non-hydrogen) atoms. The van der Waals surface area contributed by atoms with E-state index in [1.54, 1.807) is 0 Å². The van der Waals surface area contributed by atoms with E-state index >= 15 is 0 Å². The van der Waals surface area contributed by atoms with Crippen molar-refractivity contribution in [1.82, 2.24) is 9.62 Å². The number of rotatable bonds is 3. The number of halogens is 1. The SMILES string of the molecule is Cc1cc(S(=O)(=O)NC(=O)C2CCCN(C)C2)cc(C)c1F. The van der Waals surface area contributed by atoms with Crippen molar-refractivity contribution in [3.63, 3.8) is 0 Å². The molecule has 1 aliphatic rings. The van der Waals surface area contributed by atoms with Gasteiger partial charge in [-0.05, 0) is 63.5 Å². The van der Waals surface area contributed by atoms with E-state index in [9.17, 15) is 17.6 Å². The van der Waals surface area contributed by atoms with Crippen LogP contribution in [-0.4, -0.2) is 39.4 Å². The van der Waals surface area contributed by atoms with Crippen LogP contribution in [-0.2, 0) is 14.8 Å². The van der Waals surface area contributed by atoms with Gasteiger partial charge in [-0.25, -0.2) is 17.5 Å². The van der Waals surface area contributed by atoms with E-state index in [2.05, 4.69) is 4.72 Å². The van der Waals surface area contributed by atoms with Crippen LogP contribution in [0.15, 0.2) is 17.0 Å². The van der Waals surface area contributed by atoms with Gasteiger partial charge < -0.3 is 4.90 Å². The van der Waals surface area contributed by atoms with Gasteiger partial charge in [-0.1, -0.05) is 0 Å². The van der Waals surface area contributed by atoms with E-state index in [-0.39, 0.29) is 21.9 Å². The second-order valence-corrected chi connectivity index (χ2v) is 7.62. The first kappa shape index (κ1) is 16.9. The molecule has 7 heteroatoms. The van der Waals surface area contributed by atoms with Crippen LogP contribution in [0.3, 0.4) is 0 Å². The van der Waals surface area contributed by atoms with E-state index in [0.717, 1.165) is 13.0 Å². The van der Waals surface area contributed by atoms with E-state index in [1.165, 1.54) is 26.0 Å². The fraction of sp³-hybridized carbons (Fsp3) is 0.533. The third-order valence-corrected chi connectivity index (χ3v) is 5.28. The predicted octanol–water partition coefficient (Wildman–Crippen LogP) is 1.59. The minimum atomic E-state index is -3.97. The Kier molecular flexibility index (Phi) is 4.87. The minimum absolute atomic E-state index is 0.0820. The van der Waals surface area contributed by atoms with Crippen LogP contribution in [0.2, 0.25) is 0 Å². The maximum atomic E-state index is 13.6. The van der Waals surface area contributed by atoms with Crippen molar-refractivity contribution in [2.24, 2.45) is 5.92 Å². The van der Waals surface area contributed by atoms with Gasteiger partial charge in [0, 0.05) is 6.54 Å². The second-order valence-electron chi connectivity index (χ2n) is 5.94. The Morgan fingerprint density at radius 1 is 1.32 bits per heavy atom. The summed E-state index contributed by atoms with van der Waals surface area (Å²) in [5.41, 5.74) is 0.482. The first-order valence-corrected chi connectivity index (χ1v) is 8.71. The quantitative estimate of drug-likeness (QED) is 0.915. The highest BCUT2D eigenvalue weighted by Crippen LogP contribution is 2.20. The van der Waals surface area contributed by atoms with Crippen LogP contribution < -0.4 is 4.72 Å². The van der Waals surface area contributed by atoms with Crippen molar-refractivity contribution in [1.29, 1.82) is 0 Å². The second kappa shape index (κ2) is 6.34. The number of amides is 1. The highest BCUT2D eigenvalue weighted by atomic mass is 32.2. The van der Waals surface area contributed by atoms with Gasteiger partial charge in [-0.2, -0.15) is 0 Å². The molecular weight excluding hydrogens is 307 g/mol. The number of nitrogens with zero attached hydrogens (tertiary/aromatic N) is 1. The minimum Gasteiger partial charge on any atom is -0.306 e. The van der Waals surface area contributed by atoms with Gasteiger partial charge >= 0.3 is 0 Å². The van der Waals surface area contributed by atoms with Crippen molar-refractivity contribution in [3.8, 4) is 0 Å². The summed E-state index contributed by atoms with van der Waals surface area (Å²) < 4.78 is 40.4. The molecule has 0 bridgehead atoms. The summed E-state index contributed by atoms with van der Waals surface area (Å²) in [4.78, 5) is 14.1. The van der Waals surface area contributed by atoms with Gasteiger partial charge in [0.25, 0.3) is 10.0 Å². The summed E-state index contributed by atoms with van der Waals surface area (Å²) >= 11 is 0. The molecule has 0 spiro atoms. The third-order valence-electron chi connectivity index (χ3n) is 3.95. The number of hydrogen-bond acceptors (Lipinski definition) is 4. The number of benzene rings is 1. The molecule has 2 rings (SSSR count). The number of hydrogen-bond donors (Lipinski definition) is 1. The van der Waals surface area contributed by atoms with Gasteiger partial charge in [0.15, 0.2) is 0 Å². The molecule has 0 aromatic heterocycles. The zero-order valence-electron chi connectivity index (χ0n) is 13.0. The highest BCUT2D eigenvalue weighted by Gasteiger charge is 2.28. The predicted molar refractivity (Wildman–Crippen MR) is 81.4 cm³/mol. The van der Waals surface area contributed by atoms with Crippen LogP contribution in [0.1, 0.15) is 24.0 Å². The molecule has 0 saturated carbocycles. The van der Waals surface area contributed by atoms with Crippen LogP contribution in [0.25, 0.3) is 0 Å². The molecule has 1 saturated heterocycles. The smallest absolute Gasteiger partial charge is 0.264 e. The molecular formula is C15H21FN2O3S. The van der Waals surface area contributed by atoms with Crippen LogP contribution >= 0.6 is 0 Å². The maximum Gasteiger partial charge on any atom is 0.264 e. The topological polar surface area (TPSA) is 66.5 Å². The lowest BCUT2D eigenvalue weighted by atomic mass is 9.98. The summed E-state index contributed by atoms with van der Waals surface area (Å²) in [6, 6.07) is 2.48. The van der Waals surface area contributed by atoms with Crippen LogP contribution in [0.5, 0.6) is 0 Å². The molecule has 0 radical (unpaired) electrons. The van der Waals surface area contributed by atoms with Gasteiger partial charge in [-0.3, -0.25) is 4.79 Å². The van der Waals surface area contributed by atoms with E-state index in [4.69, 9.17) is 0 Å². The summed E-state index contributed by atoms with van der Waals surface area (Å²) in [6.45, 7) is 4.45. The van der Waals surface area contributed by atoms with E-state index in [1.807, 2.05) is 11.9 Å². The monoisotopic (exact) mass is 328 g/mol. The highest BCUT2D eigenvalue weighted by molar-refractivity contribution is 7.90.